The quantitative estimate of drug-likeness (QED) is 0.182. The standard InChI is InChI=1S/C36H36F2N8O4/c1-22(20-47)39-17-23-5-7-24(8-6-23)25-3-2-4-29(15-25)45-33-30(16-26(37)18-40-33)35(49)46(36(45)50)28-11-9-27(10-12-28)41-34(48)31-19-43-21-44(38)14-13-32(43)42-31/h2-8,13-16,18-19,22,27-28,39,47H,9-12,17,20-21H2,1H3,(H,41,48)/q+1/t22-,27?,28?/m1/s1. The first-order chi connectivity index (χ1) is 24.2. The predicted molar refractivity (Wildman–Crippen MR) is 184 cm³/mol. The van der Waals surface area contributed by atoms with Gasteiger partial charge in [-0.2, -0.15) is 10.1 Å². The van der Waals surface area contributed by atoms with Crippen molar-refractivity contribution in [3.63, 3.8) is 0 Å². The summed E-state index contributed by atoms with van der Waals surface area (Å²) in [6, 6.07) is 15.6. The lowest BCUT2D eigenvalue weighted by atomic mass is 9.90. The first-order valence-corrected chi connectivity index (χ1v) is 16.5. The number of carbonyl (C=O) groups excluding carboxylic acids is 1. The van der Waals surface area contributed by atoms with Crippen molar-refractivity contribution in [3.8, 4) is 16.8 Å². The van der Waals surface area contributed by atoms with Gasteiger partial charge in [-0.15, -0.1) is 0 Å². The number of halogens is 2. The van der Waals surface area contributed by atoms with Gasteiger partial charge in [0.1, 0.15) is 5.82 Å². The Morgan fingerprint density at radius 2 is 1.86 bits per heavy atom. The van der Waals surface area contributed by atoms with Crippen molar-refractivity contribution in [2.45, 2.75) is 57.3 Å². The summed E-state index contributed by atoms with van der Waals surface area (Å²) in [7, 11) is 0. The number of benzene rings is 2. The number of aromatic nitrogens is 3. The Morgan fingerprint density at radius 3 is 2.62 bits per heavy atom. The molecule has 7 rings (SSSR count). The Kier molecular flexibility index (Phi) is 9.23. The molecule has 12 nitrogen and oxygen atoms in total. The van der Waals surface area contributed by atoms with Gasteiger partial charge < -0.3 is 15.7 Å². The molecule has 50 heavy (non-hydrogen) atoms. The van der Waals surface area contributed by atoms with Crippen molar-refractivity contribution in [2.75, 3.05) is 13.3 Å². The number of aliphatic imine (C=N–C) groups is 1. The summed E-state index contributed by atoms with van der Waals surface area (Å²) in [4.78, 5) is 51.0. The second kappa shape index (κ2) is 13.9. The van der Waals surface area contributed by atoms with Crippen LogP contribution < -0.4 is 26.8 Å². The van der Waals surface area contributed by atoms with Crippen LogP contribution in [0.1, 0.15) is 44.2 Å². The largest absolute Gasteiger partial charge is 0.395 e. The van der Waals surface area contributed by atoms with Gasteiger partial charge in [0.05, 0.1) is 23.9 Å². The maximum Gasteiger partial charge on any atom is 0.337 e. The van der Waals surface area contributed by atoms with Gasteiger partial charge in [0.15, 0.2) is 17.5 Å². The van der Waals surface area contributed by atoms with Crippen LogP contribution in [-0.2, 0) is 11.3 Å². The van der Waals surface area contributed by atoms with Crippen LogP contribution in [-0.4, -0.2) is 61.4 Å². The van der Waals surface area contributed by atoms with Crippen molar-refractivity contribution in [3.05, 3.63) is 117 Å². The summed E-state index contributed by atoms with van der Waals surface area (Å²) in [6.45, 7) is 2.49. The van der Waals surface area contributed by atoms with Crippen molar-refractivity contribution in [2.24, 2.45) is 4.99 Å². The van der Waals surface area contributed by atoms with E-state index in [2.05, 4.69) is 20.6 Å². The van der Waals surface area contributed by atoms with Crippen LogP contribution in [0.15, 0.2) is 99.5 Å². The number of carbonyl (C=O) groups is 1. The van der Waals surface area contributed by atoms with Crippen LogP contribution in [0, 0.1) is 5.82 Å². The highest BCUT2D eigenvalue weighted by molar-refractivity contribution is 6.05. The molecule has 2 aromatic carbocycles. The maximum absolute atomic E-state index is 14.5. The molecular weight excluding hydrogens is 646 g/mol. The molecule has 3 N–H and O–H groups in total. The van der Waals surface area contributed by atoms with Gasteiger partial charge >= 0.3 is 5.69 Å². The molecular formula is C36H36F2N8O4+. The fourth-order valence-electron chi connectivity index (χ4n) is 6.60. The third kappa shape index (κ3) is 6.64. The molecule has 0 unspecified atom stereocenters. The van der Waals surface area contributed by atoms with E-state index in [1.165, 1.54) is 32.5 Å². The molecule has 1 fully saturated rings. The number of aliphatic hydroxyl groups excluding tert-OH is 1. The van der Waals surface area contributed by atoms with Gasteiger partial charge in [0.25, 0.3) is 17.3 Å². The molecule has 2 aliphatic heterocycles. The average molecular weight is 683 g/mol. The number of hydrogen-bond donors (Lipinski definition) is 3. The SMILES string of the molecule is C[C@H](CO)NCc1ccc(-c2cccc(-n3c(=O)n(C4CCC(NC(=O)C5=C[N+]6CN(F)C=CC6=N5)CC4)c(=O)c4cc(F)cnc43)c2)cc1. The van der Waals surface area contributed by atoms with E-state index in [1.54, 1.807) is 6.07 Å². The number of hydrogen-bond acceptors (Lipinski definition) is 9. The highest BCUT2D eigenvalue weighted by Crippen LogP contribution is 2.29. The van der Waals surface area contributed by atoms with Gasteiger partial charge in [-0.3, -0.25) is 14.2 Å². The Labute approximate surface area is 285 Å². The van der Waals surface area contributed by atoms with E-state index < -0.39 is 23.1 Å². The van der Waals surface area contributed by atoms with E-state index in [1.807, 2.05) is 49.4 Å². The van der Waals surface area contributed by atoms with Gasteiger partial charge in [0, 0.05) is 36.9 Å². The zero-order chi connectivity index (χ0) is 34.9. The van der Waals surface area contributed by atoms with Crippen LogP contribution in [0.5, 0.6) is 0 Å². The lowest BCUT2D eigenvalue weighted by molar-refractivity contribution is -0.118. The molecule has 1 saturated carbocycles. The smallest absolute Gasteiger partial charge is 0.337 e. The average Bonchev–Trinajstić information content (AvgIpc) is 3.56. The third-order valence-electron chi connectivity index (χ3n) is 9.32. The number of nitrogens with one attached hydrogen (secondary N) is 2. The van der Waals surface area contributed by atoms with Gasteiger partial charge in [-0.05, 0) is 67.5 Å². The summed E-state index contributed by atoms with van der Waals surface area (Å²) < 4.78 is 30.6. The van der Waals surface area contributed by atoms with E-state index in [4.69, 9.17) is 0 Å². The second-order valence-corrected chi connectivity index (χ2v) is 12.8. The second-order valence-electron chi connectivity index (χ2n) is 12.8. The van der Waals surface area contributed by atoms with Crippen LogP contribution >= 0.6 is 0 Å². The van der Waals surface area contributed by atoms with Crippen LogP contribution in [0.25, 0.3) is 27.8 Å². The summed E-state index contributed by atoms with van der Waals surface area (Å²) in [5.41, 5.74) is 2.30. The number of amides is 1. The van der Waals surface area contributed by atoms with E-state index in [-0.39, 0.29) is 48.0 Å². The maximum atomic E-state index is 14.5. The highest BCUT2D eigenvalue weighted by Gasteiger charge is 2.36. The predicted octanol–water partition coefficient (Wildman–Crippen LogP) is 3.49. The number of aliphatic hydroxyl groups is 1. The molecule has 3 aliphatic rings. The van der Waals surface area contributed by atoms with Crippen molar-refractivity contribution in [1.29, 1.82) is 0 Å². The molecule has 14 heteroatoms. The van der Waals surface area contributed by atoms with Crippen molar-refractivity contribution in [1.82, 2.24) is 34.8 Å². The number of pyridine rings is 1. The van der Waals surface area contributed by atoms with Crippen LogP contribution in [0.3, 0.4) is 0 Å². The minimum absolute atomic E-state index is 0.0102. The lowest BCUT2D eigenvalue weighted by Crippen LogP contribution is -2.45. The fraction of sp³-hybridized carbons (Fsp3) is 0.306. The monoisotopic (exact) mass is 682 g/mol. The number of rotatable bonds is 9. The van der Waals surface area contributed by atoms with E-state index in [0.29, 0.717) is 48.9 Å². The van der Waals surface area contributed by atoms with Gasteiger partial charge in [-0.25, -0.2) is 18.7 Å². The Hall–Kier alpha value is -5.31. The minimum Gasteiger partial charge on any atom is -0.395 e. The first kappa shape index (κ1) is 33.2. The van der Waals surface area contributed by atoms with Crippen molar-refractivity contribution >= 4 is 22.8 Å². The molecule has 1 atom stereocenters. The molecule has 1 aliphatic carbocycles. The molecule has 2 aromatic heterocycles. The summed E-state index contributed by atoms with van der Waals surface area (Å²) in [5.74, 6) is -0.597. The Bertz CT molecular complexity index is 2150. The number of nitrogens with zero attached hydrogens (tertiary/aromatic N) is 6. The Morgan fingerprint density at radius 1 is 1.08 bits per heavy atom. The van der Waals surface area contributed by atoms with Crippen molar-refractivity contribution < 1.29 is 18.8 Å². The van der Waals surface area contributed by atoms with E-state index in [0.717, 1.165) is 29.0 Å². The zero-order valence-corrected chi connectivity index (χ0v) is 27.3. The zero-order valence-electron chi connectivity index (χ0n) is 27.3. The van der Waals surface area contributed by atoms with Crippen LogP contribution in [0.4, 0.5) is 8.87 Å². The molecule has 257 valence electrons. The third-order valence-corrected chi connectivity index (χ3v) is 9.32. The summed E-state index contributed by atoms with van der Waals surface area (Å²) in [5, 5.41) is 16.0. The molecule has 1 amide bonds. The van der Waals surface area contributed by atoms with E-state index >= 15 is 0 Å². The van der Waals surface area contributed by atoms with Gasteiger partial charge in [0.2, 0.25) is 6.67 Å². The molecule has 0 spiro atoms. The normalized spacial score (nSPS) is 19.6. The molecule has 0 saturated heterocycles. The molecule has 1 radical (unpaired) electrons. The summed E-state index contributed by atoms with van der Waals surface area (Å²) in [6.07, 6.45) is 7.05. The number of fused-ring (bicyclic) bond motifs is 2. The first-order valence-electron chi connectivity index (χ1n) is 16.5. The Balaban J connectivity index is 1.14. The molecule has 4 heterocycles. The van der Waals surface area contributed by atoms with Gasteiger partial charge in [-0.1, -0.05) is 45.8 Å². The molecule has 0 bridgehead atoms. The number of amidine groups is 1. The fourth-order valence-corrected chi connectivity index (χ4v) is 6.60. The molecule has 4 aromatic rings. The lowest BCUT2D eigenvalue weighted by Gasteiger charge is -2.30. The van der Waals surface area contributed by atoms with Crippen LogP contribution in [0.2, 0.25) is 0 Å². The van der Waals surface area contributed by atoms with E-state index in [9.17, 15) is 28.4 Å². The topological polar surface area (TPSA) is 140 Å². The summed E-state index contributed by atoms with van der Waals surface area (Å²) >= 11 is 0. The highest BCUT2D eigenvalue weighted by atomic mass is 19.2. The minimum atomic E-state index is -0.690.